The van der Waals surface area contributed by atoms with Crippen molar-refractivity contribution < 1.29 is 14.3 Å². The van der Waals surface area contributed by atoms with Crippen molar-refractivity contribution in [2.75, 3.05) is 20.7 Å². The molecule has 20 heavy (non-hydrogen) atoms. The largest absolute Gasteiger partial charge is 0.495 e. The van der Waals surface area contributed by atoms with Crippen molar-refractivity contribution in [2.24, 2.45) is 5.92 Å². The van der Waals surface area contributed by atoms with Gasteiger partial charge >= 0.3 is 0 Å². The molecule has 1 N–H and O–H groups in total. The molecular weight excluding hydrogens is 280 g/mol. The van der Waals surface area contributed by atoms with Gasteiger partial charge in [0.25, 0.3) is 0 Å². The number of nitrogens with one attached hydrogen (secondary N) is 1. The number of hydrogen-bond acceptors (Lipinski definition) is 3. The summed E-state index contributed by atoms with van der Waals surface area (Å²) in [6.45, 7) is 0.866. The predicted octanol–water partition coefficient (Wildman–Crippen LogP) is 1.44. The van der Waals surface area contributed by atoms with E-state index in [2.05, 4.69) is 5.32 Å². The number of nitrogens with zero attached hydrogens (tertiary/aromatic N) is 1. The van der Waals surface area contributed by atoms with E-state index in [1.54, 1.807) is 31.2 Å². The first-order valence-electron chi connectivity index (χ1n) is 6.35. The van der Waals surface area contributed by atoms with Crippen LogP contribution >= 0.6 is 11.6 Å². The second-order valence-electron chi connectivity index (χ2n) is 4.86. The van der Waals surface area contributed by atoms with Gasteiger partial charge in [0.2, 0.25) is 11.8 Å². The second-order valence-corrected chi connectivity index (χ2v) is 5.27. The third kappa shape index (κ3) is 3.22. The number of halogens is 1. The Kier molecular flexibility index (Phi) is 4.49. The lowest BCUT2D eigenvalue weighted by atomic mass is 10.1. The maximum absolute atomic E-state index is 12.0. The zero-order valence-electron chi connectivity index (χ0n) is 11.5. The maximum atomic E-state index is 12.0. The maximum Gasteiger partial charge on any atom is 0.225 e. The molecular formula is C14H17ClN2O3. The molecule has 1 fully saturated rings. The van der Waals surface area contributed by atoms with Gasteiger partial charge in [-0.05, 0) is 17.7 Å². The Hall–Kier alpha value is -1.75. The minimum Gasteiger partial charge on any atom is -0.495 e. The van der Waals surface area contributed by atoms with E-state index in [1.807, 2.05) is 6.07 Å². The Morgan fingerprint density at radius 3 is 2.85 bits per heavy atom. The topological polar surface area (TPSA) is 58.6 Å². The molecule has 1 heterocycles. The molecule has 0 aliphatic carbocycles. The quantitative estimate of drug-likeness (QED) is 0.915. The zero-order chi connectivity index (χ0) is 14.7. The fourth-order valence-electron chi connectivity index (χ4n) is 2.19. The van der Waals surface area contributed by atoms with E-state index in [1.165, 1.54) is 0 Å². The molecule has 0 saturated carbocycles. The Labute approximate surface area is 122 Å². The fourth-order valence-corrected chi connectivity index (χ4v) is 2.47. The Morgan fingerprint density at radius 2 is 2.30 bits per heavy atom. The van der Waals surface area contributed by atoms with Crippen LogP contribution in [0.4, 0.5) is 0 Å². The molecule has 0 spiro atoms. The van der Waals surface area contributed by atoms with Crippen molar-refractivity contribution in [3.8, 4) is 5.75 Å². The van der Waals surface area contributed by atoms with Gasteiger partial charge in [-0.1, -0.05) is 17.7 Å². The van der Waals surface area contributed by atoms with Crippen molar-refractivity contribution in [2.45, 2.75) is 13.0 Å². The van der Waals surface area contributed by atoms with Crippen molar-refractivity contribution in [3.05, 3.63) is 28.8 Å². The number of hydrogen-bond donors (Lipinski definition) is 1. The third-order valence-corrected chi connectivity index (χ3v) is 3.69. The summed E-state index contributed by atoms with van der Waals surface area (Å²) in [5.41, 5.74) is 0.891. The lowest BCUT2D eigenvalue weighted by molar-refractivity contribution is -0.128. The van der Waals surface area contributed by atoms with Crippen molar-refractivity contribution in [1.29, 1.82) is 0 Å². The van der Waals surface area contributed by atoms with Crippen LogP contribution in [0.5, 0.6) is 5.75 Å². The van der Waals surface area contributed by atoms with Crippen molar-refractivity contribution in [3.63, 3.8) is 0 Å². The van der Waals surface area contributed by atoms with E-state index in [9.17, 15) is 9.59 Å². The Balaban J connectivity index is 1.90. The smallest absolute Gasteiger partial charge is 0.225 e. The highest BCUT2D eigenvalue weighted by Crippen LogP contribution is 2.25. The molecule has 6 heteroatoms. The first kappa shape index (κ1) is 14.7. The molecule has 2 amide bonds. The molecule has 1 aromatic rings. The summed E-state index contributed by atoms with van der Waals surface area (Å²) in [5, 5.41) is 3.34. The molecule has 1 saturated heterocycles. The zero-order valence-corrected chi connectivity index (χ0v) is 12.2. The van der Waals surface area contributed by atoms with E-state index in [4.69, 9.17) is 16.3 Å². The molecule has 1 unspecified atom stereocenters. The number of rotatable bonds is 4. The molecule has 0 aromatic heterocycles. The van der Waals surface area contributed by atoms with Gasteiger partial charge in [-0.3, -0.25) is 9.59 Å². The van der Waals surface area contributed by atoms with Crippen LogP contribution in [0.25, 0.3) is 0 Å². The highest BCUT2D eigenvalue weighted by Gasteiger charge is 2.31. The van der Waals surface area contributed by atoms with Crippen molar-refractivity contribution >= 4 is 23.4 Å². The monoisotopic (exact) mass is 296 g/mol. The highest BCUT2D eigenvalue weighted by molar-refractivity contribution is 6.32. The summed E-state index contributed by atoms with van der Waals surface area (Å²) >= 11 is 6.02. The van der Waals surface area contributed by atoms with Gasteiger partial charge in [-0.25, -0.2) is 0 Å². The lowest BCUT2D eigenvalue weighted by Gasteiger charge is -2.11. The fraction of sp³-hybridized carbons (Fsp3) is 0.429. The van der Waals surface area contributed by atoms with Gasteiger partial charge in [-0.15, -0.1) is 0 Å². The van der Waals surface area contributed by atoms with Crippen LogP contribution in [0.15, 0.2) is 18.2 Å². The minimum absolute atomic E-state index is 0.0117. The molecule has 1 aliphatic rings. The van der Waals surface area contributed by atoms with E-state index in [-0.39, 0.29) is 24.2 Å². The number of carbonyl (C=O) groups excluding carboxylic acids is 2. The van der Waals surface area contributed by atoms with E-state index >= 15 is 0 Å². The van der Waals surface area contributed by atoms with Gasteiger partial charge in [-0.2, -0.15) is 0 Å². The van der Waals surface area contributed by atoms with Gasteiger partial charge in [0.1, 0.15) is 5.75 Å². The van der Waals surface area contributed by atoms with E-state index in [0.717, 1.165) is 5.56 Å². The molecule has 0 radical (unpaired) electrons. The number of methoxy groups -OCH3 is 1. The van der Waals surface area contributed by atoms with Crippen LogP contribution in [0, 0.1) is 5.92 Å². The summed E-state index contributed by atoms with van der Waals surface area (Å²) < 4.78 is 5.07. The van der Waals surface area contributed by atoms with Crippen LogP contribution in [0.3, 0.4) is 0 Å². The third-order valence-electron chi connectivity index (χ3n) is 3.39. The molecule has 5 nitrogen and oxygen atoms in total. The Morgan fingerprint density at radius 1 is 1.55 bits per heavy atom. The SMILES string of the molecule is COc1ccc(CNC(=O)C2CC(=O)N(C)C2)cc1Cl. The van der Waals surface area contributed by atoms with Gasteiger partial charge in [0.15, 0.2) is 0 Å². The summed E-state index contributed by atoms with van der Waals surface area (Å²) in [6.07, 6.45) is 0.283. The van der Waals surface area contributed by atoms with Crippen LogP contribution in [0.1, 0.15) is 12.0 Å². The average Bonchev–Trinajstić information content (AvgIpc) is 2.76. The molecule has 0 bridgehead atoms. The van der Waals surface area contributed by atoms with Crippen LogP contribution in [-0.4, -0.2) is 37.4 Å². The van der Waals surface area contributed by atoms with E-state index < -0.39 is 0 Å². The van der Waals surface area contributed by atoms with Crippen LogP contribution in [-0.2, 0) is 16.1 Å². The standard InChI is InChI=1S/C14H17ClN2O3/c1-17-8-10(6-13(17)18)14(19)16-7-9-3-4-12(20-2)11(15)5-9/h3-5,10H,6-8H2,1-2H3,(H,16,19). The van der Waals surface area contributed by atoms with Gasteiger partial charge in [0, 0.05) is 26.6 Å². The highest BCUT2D eigenvalue weighted by atomic mass is 35.5. The molecule has 1 aromatic carbocycles. The first-order valence-corrected chi connectivity index (χ1v) is 6.73. The normalized spacial score (nSPS) is 18.2. The van der Waals surface area contributed by atoms with Crippen molar-refractivity contribution in [1.82, 2.24) is 10.2 Å². The summed E-state index contributed by atoms with van der Waals surface area (Å²) in [7, 11) is 3.26. The average molecular weight is 297 g/mol. The Bertz CT molecular complexity index is 533. The molecule has 1 aliphatic heterocycles. The minimum atomic E-state index is -0.263. The molecule has 2 rings (SSSR count). The summed E-state index contributed by atoms with van der Waals surface area (Å²) in [5.74, 6) is 0.248. The van der Waals surface area contributed by atoms with Gasteiger partial charge in [0.05, 0.1) is 18.1 Å². The number of amides is 2. The summed E-state index contributed by atoms with van der Waals surface area (Å²) in [6, 6.07) is 5.36. The number of benzene rings is 1. The van der Waals surface area contributed by atoms with E-state index in [0.29, 0.717) is 23.9 Å². The number of likely N-dealkylation sites (tertiary alicyclic amines) is 1. The second kappa shape index (κ2) is 6.13. The number of ether oxygens (including phenoxy) is 1. The number of carbonyl (C=O) groups is 2. The summed E-state index contributed by atoms with van der Waals surface area (Å²) in [4.78, 5) is 24.9. The van der Waals surface area contributed by atoms with Crippen LogP contribution in [0.2, 0.25) is 5.02 Å². The predicted molar refractivity (Wildman–Crippen MR) is 75.6 cm³/mol. The molecule has 1 atom stereocenters. The molecule has 108 valence electrons. The lowest BCUT2D eigenvalue weighted by Crippen LogP contribution is -2.31. The van der Waals surface area contributed by atoms with Gasteiger partial charge < -0.3 is 15.0 Å². The van der Waals surface area contributed by atoms with Crippen LogP contribution < -0.4 is 10.1 Å². The first-order chi connectivity index (χ1) is 9.51.